The summed E-state index contributed by atoms with van der Waals surface area (Å²) in [5.41, 5.74) is 1.22. The highest BCUT2D eigenvalue weighted by atomic mass is 15.1. The minimum absolute atomic E-state index is 0.444. The highest BCUT2D eigenvalue weighted by Crippen LogP contribution is 2.10. The molecule has 0 atom stereocenters. The van der Waals surface area contributed by atoms with E-state index in [2.05, 4.69) is 20.2 Å². The molecule has 0 aliphatic heterocycles. The molecule has 0 radical (unpaired) electrons. The van der Waals surface area contributed by atoms with Gasteiger partial charge in [-0.15, -0.1) is 0 Å². The molecule has 0 bridgehead atoms. The molecule has 0 saturated heterocycles. The number of aromatic amines is 2. The number of nitrogens with zero attached hydrogens (tertiary/aromatic N) is 3. The van der Waals surface area contributed by atoms with Crippen LogP contribution in [0.15, 0.2) is 18.5 Å². The molecular weight excluding hydrogens is 154 g/mol. The Kier molecular flexibility index (Phi) is 1.38. The van der Waals surface area contributed by atoms with Gasteiger partial charge in [0.05, 0.1) is 6.20 Å². The quantitative estimate of drug-likeness (QED) is 0.641. The summed E-state index contributed by atoms with van der Waals surface area (Å²) in [6.07, 6.45) is 3.11. The van der Waals surface area contributed by atoms with E-state index in [0.29, 0.717) is 11.5 Å². The zero-order valence-corrected chi connectivity index (χ0v) is 6.07. The molecule has 0 unspecified atom stereocenters. The second-order valence-corrected chi connectivity index (χ2v) is 2.23. The molecule has 0 aliphatic rings. The van der Waals surface area contributed by atoms with Crippen LogP contribution in [-0.4, -0.2) is 20.2 Å². The van der Waals surface area contributed by atoms with E-state index in [1.165, 1.54) is 6.20 Å². The highest BCUT2D eigenvalue weighted by molar-refractivity contribution is 5.49. The number of H-pyrrole nitrogens is 2. The Morgan fingerprint density at radius 3 is 3.00 bits per heavy atom. The van der Waals surface area contributed by atoms with Crippen LogP contribution in [0.4, 0.5) is 0 Å². The van der Waals surface area contributed by atoms with E-state index < -0.39 is 0 Å². The van der Waals surface area contributed by atoms with Gasteiger partial charge in [0.25, 0.3) is 0 Å². The monoisotopic (exact) mass is 159 g/mol. The van der Waals surface area contributed by atoms with E-state index in [4.69, 9.17) is 5.26 Å². The molecule has 12 heavy (non-hydrogen) atoms. The van der Waals surface area contributed by atoms with Crippen LogP contribution in [0.5, 0.6) is 0 Å². The lowest BCUT2D eigenvalue weighted by molar-refractivity contribution is 1.08. The smallest absolute Gasteiger partial charge is 0.156 e. The first-order valence-corrected chi connectivity index (χ1v) is 3.35. The molecule has 2 rings (SSSR count). The molecule has 0 amide bonds. The number of hydrogen-bond acceptors (Lipinski definition) is 3. The Bertz CT molecular complexity index is 405. The van der Waals surface area contributed by atoms with Gasteiger partial charge in [-0.05, 0) is 6.07 Å². The topological polar surface area (TPSA) is 81.2 Å². The number of imidazole rings is 1. The first-order chi connectivity index (χ1) is 5.90. The molecule has 0 aromatic carbocycles. The van der Waals surface area contributed by atoms with Crippen molar-refractivity contribution < 1.29 is 0 Å². The molecule has 5 heteroatoms. The van der Waals surface area contributed by atoms with E-state index >= 15 is 0 Å². The van der Waals surface area contributed by atoms with Gasteiger partial charge in [0.1, 0.15) is 17.5 Å². The van der Waals surface area contributed by atoms with E-state index in [0.717, 1.165) is 5.69 Å². The van der Waals surface area contributed by atoms with E-state index in [1.807, 2.05) is 6.07 Å². The summed E-state index contributed by atoms with van der Waals surface area (Å²) in [4.78, 5) is 6.80. The molecule has 0 aliphatic carbocycles. The van der Waals surface area contributed by atoms with Gasteiger partial charge in [0, 0.05) is 6.20 Å². The van der Waals surface area contributed by atoms with Gasteiger partial charge in [-0.2, -0.15) is 10.4 Å². The maximum atomic E-state index is 8.50. The standard InChI is InChI=1S/C7H5N5/c8-3-5-4-9-7(11-5)6-1-2-10-12-6/h1-2,4H,(H,9,11)(H,10,12). The van der Waals surface area contributed by atoms with Gasteiger partial charge < -0.3 is 4.98 Å². The van der Waals surface area contributed by atoms with Crippen molar-refractivity contribution in [2.45, 2.75) is 0 Å². The SMILES string of the molecule is N#Cc1cnc(-c2ccn[nH]2)[nH]1. The van der Waals surface area contributed by atoms with E-state index in [-0.39, 0.29) is 0 Å². The summed E-state index contributed by atoms with van der Waals surface area (Å²) in [5, 5.41) is 15.0. The van der Waals surface area contributed by atoms with Gasteiger partial charge in [-0.3, -0.25) is 5.10 Å². The Labute approximate surface area is 68.1 Å². The van der Waals surface area contributed by atoms with Crippen molar-refractivity contribution in [1.82, 2.24) is 20.2 Å². The maximum Gasteiger partial charge on any atom is 0.156 e. The van der Waals surface area contributed by atoms with Crippen LogP contribution in [0.25, 0.3) is 11.5 Å². The first-order valence-electron chi connectivity index (χ1n) is 3.35. The molecule has 2 aromatic heterocycles. The summed E-state index contributed by atoms with van der Waals surface area (Å²) < 4.78 is 0. The molecule has 0 spiro atoms. The van der Waals surface area contributed by atoms with Gasteiger partial charge >= 0.3 is 0 Å². The predicted octanol–water partition coefficient (Wildman–Crippen LogP) is 0.671. The van der Waals surface area contributed by atoms with Crippen LogP contribution in [0.2, 0.25) is 0 Å². The van der Waals surface area contributed by atoms with Crippen molar-refractivity contribution in [2.75, 3.05) is 0 Å². The lowest BCUT2D eigenvalue weighted by Gasteiger charge is -1.86. The molecule has 0 saturated carbocycles. The fourth-order valence-corrected chi connectivity index (χ4v) is 0.903. The van der Waals surface area contributed by atoms with E-state index in [1.54, 1.807) is 12.3 Å². The molecule has 58 valence electrons. The second kappa shape index (κ2) is 2.51. The fourth-order valence-electron chi connectivity index (χ4n) is 0.903. The summed E-state index contributed by atoms with van der Waals surface area (Å²) in [6.45, 7) is 0. The van der Waals surface area contributed by atoms with Crippen molar-refractivity contribution in [3.05, 3.63) is 24.2 Å². The normalized spacial score (nSPS) is 9.58. The molecule has 2 N–H and O–H groups in total. The zero-order valence-electron chi connectivity index (χ0n) is 6.07. The van der Waals surface area contributed by atoms with Crippen LogP contribution in [0.1, 0.15) is 5.69 Å². The summed E-state index contributed by atoms with van der Waals surface area (Å²) >= 11 is 0. The molecule has 2 heterocycles. The molecule has 5 nitrogen and oxygen atoms in total. The number of nitrogens with one attached hydrogen (secondary N) is 2. The predicted molar refractivity (Wildman–Crippen MR) is 40.9 cm³/mol. The van der Waals surface area contributed by atoms with Crippen LogP contribution in [0, 0.1) is 11.3 Å². The van der Waals surface area contributed by atoms with Gasteiger partial charge in [0.2, 0.25) is 0 Å². The van der Waals surface area contributed by atoms with Crippen LogP contribution in [-0.2, 0) is 0 Å². The fraction of sp³-hybridized carbons (Fsp3) is 0. The largest absolute Gasteiger partial charge is 0.328 e. The van der Waals surface area contributed by atoms with Gasteiger partial charge in [0.15, 0.2) is 5.82 Å². The van der Waals surface area contributed by atoms with Crippen molar-refractivity contribution in [3.63, 3.8) is 0 Å². The summed E-state index contributed by atoms with van der Waals surface area (Å²) in [7, 11) is 0. The lowest BCUT2D eigenvalue weighted by Crippen LogP contribution is -1.80. The number of rotatable bonds is 1. The molecule has 2 aromatic rings. The zero-order chi connectivity index (χ0) is 8.39. The second-order valence-electron chi connectivity index (χ2n) is 2.23. The van der Waals surface area contributed by atoms with Crippen LogP contribution < -0.4 is 0 Å². The minimum Gasteiger partial charge on any atom is -0.328 e. The number of hydrogen-bond donors (Lipinski definition) is 2. The lowest BCUT2D eigenvalue weighted by atomic mass is 10.4. The van der Waals surface area contributed by atoms with Crippen LogP contribution in [0.3, 0.4) is 0 Å². The highest BCUT2D eigenvalue weighted by Gasteiger charge is 2.02. The van der Waals surface area contributed by atoms with Crippen molar-refractivity contribution in [3.8, 4) is 17.6 Å². The Hall–Kier alpha value is -2.09. The summed E-state index contributed by atoms with van der Waals surface area (Å²) in [5.74, 6) is 0.629. The van der Waals surface area contributed by atoms with E-state index in [9.17, 15) is 0 Å². The Morgan fingerprint density at radius 2 is 2.42 bits per heavy atom. The van der Waals surface area contributed by atoms with Crippen molar-refractivity contribution in [2.24, 2.45) is 0 Å². The summed E-state index contributed by atoms with van der Waals surface area (Å²) in [6, 6.07) is 3.73. The van der Waals surface area contributed by atoms with Crippen LogP contribution >= 0.6 is 0 Å². The average Bonchev–Trinajstić information content (AvgIpc) is 2.75. The maximum absolute atomic E-state index is 8.50. The number of nitriles is 1. The number of aromatic nitrogens is 4. The van der Waals surface area contributed by atoms with Crippen molar-refractivity contribution in [1.29, 1.82) is 5.26 Å². The third-order valence-corrected chi connectivity index (χ3v) is 1.45. The third-order valence-electron chi connectivity index (χ3n) is 1.45. The molecular formula is C7H5N5. The van der Waals surface area contributed by atoms with Gasteiger partial charge in [-0.1, -0.05) is 0 Å². The Morgan fingerprint density at radius 1 is 1.50 bits per heavy atom. The average molecular weight is 159 g/mol. The minimum atomic E-state index is 0.444. The first kappa shape index (κ1) is 6.61. The van der Waals surface area contributed by atoms with Crippen molar-refractivity contribution >= 4 is 0 Å². The third kappa shape index (κ3) is 0.953. The molecule has 0 fully saturated rings. The Balaban J connectivity index is 2.44. The van der Waals surface area contributed by atoms with Gasteiger partial charge in [-0.25, -0.2) is 4.98 Å².